The van der Waals surface area contributed by atoms with Gasteiger partial charge in [-0.1, -0.05) is 0 Å². The van der Waals surface area contributed by atoms with Gasteiger partial charge in [-0.2, -0.15) is 15.0 Å². The number of nitrogens with zero attached hydrogens (tertiary/aromatic N) is 4. The van der Waals surface area contributed by atoms with Crippen molar-refractivity contribution in [3.05, 3.63) is 5.28 Å². The highest BCUT2D eigenvalue weighted by Crippen LogP contribution is 2.18. The third-order valence-electron chi connectivity index (χ3n) is 2.91. The molecule has 8 nitrogen and oxygen atoms in total. The fraction of sp³-hybridized carbons (Fsp3) is 0.636. The Labute approximate surface area is 121 Å². The Kier molecular flexibility index (Phi) is 4.91. The monoisotopic (exact) mass is 300 g/mol. The summed E-state index contributed by atoms with van der Waals surface area (Å²) < 4.78 is 4.98. The molecule has 1 aliphatic rings. The lowest BCUT2D eigenvalue weighted by Crippen LogP contribution is -2.58. The number of amides is 1. The number of anilines is 1. The average Bonchev–Trinajstić information content (AvgIpc) is 2.46. The van der Waals surface area contributed by atoms with E-state index in [9.17, 15) is 4.79 Å². The van der Waals surface area contributed by atoms with E-state index in [4.69, 9.17) is 16.3 Å². The molecule has 1 amide bonds. The fourth-order valence-corrected chi connectivity index (χ4v) is 2.16. The van der Waals surface area contributed by atoms with Crippen LogP contribution in [0.15, 0.2) is 0 Å². The number of aromatic nitrogens is 3. The van der Waals surface area contributed by atoms with Gasteiger partial charge in [0.15, 0.2) is 0 Å². The van der Waals surface area contributed by atoms with E-state index in [1.807, 2.05) is 6.92 Å². The summed E-state index contributed by atoms with van der Waals surface area (Å²) in [6, 6.07) is -0.250. The SMILES string of the molecule is CCNC(=O)C1CNCCN1c1nc(Cl)nc(OC)n1. The molecule has 0 radical (unpaired) electrons. The number of carbonyl (C=O) groups excluding carboxylic acids is 1. The minimum Gasteiger partial charge on any atom is -0.467 e. The van der Waals surface area contributed by atoms with Gasteiger partial charge in [-0.3, -0.25) is 4.79 Å². The summed E-state index contributed by atoms with van der Waals surface area (Å²) in [6.45, 7) is 4.32. The minimum absolute atomic E-state index is 0.0417. The Morgan fingerprint density at radius 3 is 3.05 bits per heavy atom. The molecule has 2 heterocycles. The van der Waals surface area contributed by atoms with Crippen LogP contribution >= 0.6 is 11.6 Å². The molecule has 20 heavy (non-hydrogen) atoms. The fourth-order valence-electron chi connectivity index (χ4n) is 2.01. The van der Waals surface area contributed by atoms with Crippen molar-refractivity contribution in [3.63, 3.8) is 0 Å². The molecule has 0 spiro atoms. The Bertz CT molecular complexity index is 486. The maximum Gasteiger partial charge on any atom is 0.322 e. The third kappa shape index (κ3) is 3.26. The second-order valence-electron chi connectivity index (χ2n) is 4.20. The molecule has 0 aromatic carbocycles. The van der Waals surface area contributed by atoms with Crippen LogP contribution in [0.1, 0.15) is 6.92 Å². The van der Waals surface area contributed by atoms with E-state index in [0.29, 0.717) is 25.6 Å². The first-order valence-corrected chi connectivity index (χ1v) is 6.74. The van der Waals surface area contributed by atoms with E-state index in [0.717, 1.165) is 6.54 Å². The molecule has 0 saturated carbocycles. The van der Waals surface area contributed by atoms with Crippen LogP contribution < -0.4 is 20.3 Å². The third-order valence-corrected chi connectivity index (χ3v) is 3.08. The van der Waals surface area contributed by atoms with Crippen molar-refractivity contribution >= 4 is 23.5 Å². The second-order valence-corrected chi connectivity index (χ2v) is 4.54. The molecule has 0 aliphatic carbocycles. The smallest absolute Gasteiger partial charge is 0.322 e. The number of ether oxygens (including phenoxy) is 1. The summed E-state index contributed by atoms with van der Waals surface area (Å²) in [7, 11) is 1.45. The quantitative estimate of drug-likeness (QED) is 0.770. The zero-order chi connectivity index (χ0) is 14.5. The van der Waals surface area contributed by atoms with Gasteiger partial charge in [0.25, 0.3) is 0 Å². The van der Waals surface area contributed by atoms with Gasteiger partial charge in [-0.15, -0.1) is 0 Å². The molecule has 1 saturated heterocycles. The molecule has 1 unspecified atom stereocenters. The van der Waals surface area contributed by atoms with Gasteiger partial charge in [0.05, 0.1) is 7.11 Å². The normalized spacial score (nSPS) is 18.8. The number of likely N-dealkylation sites (N-methyl/N-ethyl adjacent to an activating group) is 1. The summed E-state index contributed by atoms with van der Waals surface area (Å²) in [6.07, 6.45) is 0. The predicted octanol–water partition coefficient (Wildman–Crippen LogP) is -0.552. The van der Waals surface area contributed by atoms with Crippen LogP contribution in [0.4, 0.5) is 5.95 Å². The van der Waals surface area contributed by atoms with E-state index in [-0.39, 0.29) is 23.2 Å². The van der Waals surface area contributed by atoms with E-state index >= 15 is 0 Å². The summed E-state index contributed by atoms with van der Waals surface area (Å²) in [4.78, 5) is 26.0. The van der Waals surface area contributed by atoms with Crippen LogP contribution in [0.3, 0.4) is 0 Å². The van der Waals surface area contributed by atoms with Gasteiger partial charge < -0.3 is 20.3 Å². The molecule has 1 aromatic heterocycles. The van der Waals surface area contributed by atoms with Gasteiger partial charge in [-0.25, -0.2) is 0 Å². The van der Waals surface area contributed by atoms with Crippen molar-refractivity contribution in [2.75, 3.05) is 38.2 Å². The van der Waals surface area contributed by atoms with Gasteiger partial charge in [0, 0.05) is 26.2 Å². The van der Waals surface area contributed by atoms with Crippen LogP contribution in [-0.2, 0) is 4.79 Å². The maximum absolute atomic E-state index is 12.1. The van der Waals surface area contributed by atoms with Crippen LogP contribution in [0.5, 0.6) is 6.01 Å². The van der Waals surface area contributed by atoms with Crippen LogP contribution in [0.2, 0.25) is 5.28 Å². The average molecular weight is 301 g/mol. The molecule has 1 aliphatic heterocycles. The second kappa shape index (κ2) is 6.67. The molecule has 9 heteroatoms. The number of halogens is 1. The highest BCUT2D eigenvalue weighted by atomic mass is 35.5. The van der Waals surface area contributed by atoms with E-state index in [1.165, 1.54) is 7.11 Å². The molecule has 1 atom stereocenters. The van der Waals surface area contributed by atoms with Crippen molar-refractivity contribution in [1.82, 2.24) is 25.6 Å². The minimum atomic E-state index is -0.383. The maximum atomic E-state index is 12.1. The van der Waals surface area contributed by atoms with Gasteiger partial charge in [0.1, 0.15) is 6.04 Å². The number of methoxy groups -OCH3 is 1. The van der Waals surface area contributed by atoms with Crippen molar-refractivity contribution in [3.8, 4) is 6.01 Å². The van der Waals surface area contributed by atoms with Crippen molar-refractivity contribution < 1.29 is 9.53 Å². The first kappa shape index (κ1) is 14.7. The summed E-state index contributed by atoms with van der Waals surface area (Å²) in [5, 5.41) is 6.02. The number of piperazine rings is 1. The van der Waals surface area contributed by atoms with Crippen LogP contribution in [-0.4, -0.2) is 60.2 Å². The number of hydrogen-bond donors (Lipinski definition) is 2. The number of hydrogen-bond acceptors (Lipinski definition) is 7. The molecule has 110 valence electrons. The summed E-state index contributed by atoms with van der Waals surface area (Å²) >= 11 is 5.85. The summed E-state index contributed by atoms with van der Waals surface area (Å²) in [5.41, 5.74) is 0. The Hall–Kier alpha value is -1.67. The zero-order valence-electron chi connectivity index (χ0n) is 11.4. The molecule has 2 rings (SSSR count). The lowest BCUT2D eigenvalue weighted by Gasteiger charge is -2.35. The van der Waals surface area contributed by atoms with Crippen LogP contribution in [0, 0.1) is 0 Å². The molecular formula is C11H17ClN6O2. The molecule has 0 bridgehead atoms. The number of carbonyl (C=O) groups is 1. The van der Waals surface area contributed by atoms with Crippen molar-refractivity contribution in [2.24, 2.45) is 0 Å². The van der Waals surface area contributed by atoms with E-state index < -0.39 is 0 Å². The van der Waals surface area contributed by atoms with E-state index in [1.54, 1.807) is 4.90 Å². The molecular weight excluding hydrogens is 284 g/mol. The van der Waals surface area contributed by atoms with Crippen LogP contribution in [0.25, 0.3) is 0 Å². The largest absolute Gasteiger partial charge is 0.467 e. The number of rotatable bonds is 4. The van der Waals surface area contributed by atoms with Crippen molar-refractivity contribution in [2.45, 2.75) is 13.0 Å². The molecule has 1 fully saturated rings. The number of nitrogens with one attached hydrogen (secondary N) is 2. The van der Waals surface area contributed by atoms with E-state index in [2.05, 4.69) is 25.6 Å². The van der Waals surface area contributed by atoms with Crippen molar-refractivity contribution in [1.29, 1.82) is 0 Å². The standard InChI is InChI=1S/C11H17ClN6O2/c1-3-14-8(19)7-6-13-4-5-18(7)10-15-9(12)16-11(17-10)20-2/h7,13H,3-6H2,1-2H3,(H,14,19). The first-order chi connectivity index (χ1) is 9.65. The van der Waals surface area contributed by atoms with Gasteiger partial charge in [0.2, 0.25) is 17.1 Å². The van der Waals surface area contributed by atoms with Gasteiger partial charge >= 0.3 is 6.01 Å². The molecule has 2 N–H and O–H groups in total. The lowest BCUT2D eigenvalue weighted by atomic mass is 10.2. The highest BCUT2D eigenvalue weighted by Gasteiger charge is 2.30. The Balaban J connectivity index is 2.27. The zero-order valence-corrected chi connectivity index (χ0v) is 12.1. The first-order valence-electron chi connectivity index (χ1n) is 6.36. The highest BCUT2D eigenvalue weighted by molar-refractivity contribution is 6.28. The Morgan fingerprint density at radius 2 is 2.35 bits per heavy atom. The predicted molar refractivity (Wildman–Crippen MR) is 74.1 cm³/mol. The Morgan fingerprint density at radius 1 is 1.55 bits per heavy atom. The molecule has 1 aromatic rings. The summed E-state index contributed by atoms with van der Waals surface area (Å²) in [5.74, 6) is 0.273. The lowest BCUT2D eigenvalue weighted by molar-refractivity contribution is -0.122. The van der Waals surface area contributed by atoms with Gasteiger partial charge in [-0.05, 0) is 18.5 Å². The topological polar surface area (TPSA) is 92.3 Å².